The highest BCUT2D eigenvalue weighted by atomic mass is 28.4. The normalized spacial score (nSPS) is 30.4. The highest BCUT2D eigenvalue weighted by molar-refractivity contribution is 6.73. The van der Waals surface area contributed by atoms with Gasteiger partial charge >= 0.3 is 8.56 Å². The summed E-state index contributed by atoms with van der Waals surface area (Å²) in [4.78, 5) is 0. The SMILES string of the molecule is CC(C)(C)[Si]1(C(C)(C)C)OC[C@H]2OC=CC=C[C@@H]2O1. The van der Waals surface area contributed by atoms with E-state index in [1.54, 1.807) is 6.26 Å². The molecule has 2 aliphatic heterocycles. The van der Waals surface area contributed by atoms with Gasteiger partial charge in [-0.05, 0) is 6.08 Å². The van der Waals surface area contributed by atoms with Gasteiger partial charge in [-0.15, -0.1) is 0 Å². The predicted molar refractivity (Wildman–Crippen MR) is 79.2 cm³/mol. The van der Waals surface area contributed by atoms with Gasteiger partial charge in [-0.3, -0.25) is 0 Å². The Hall–Kier alpha value is -0.583. The van der Waals surface area contributed by atoms with Crippen molar-refractivity contribution in [3.8, 4) is 0 Å². The van der Waals surface area contributed by atoms with Gasteiger partial charge in [0.05, 0.1) is 12.9 Å². The summed E-state index contributed by atoms with van der Waals surface area (Å²) in [5.41, 5.74) is 0. The van der Waals surface area contributed by atoms with Crippen molar-refractivity contribution >= 4 is 8.56 Å². The first-order valence-corrected chi connectivity index (χ1v) is 8.80. The Morgan fingerprint density at radius 2 is 1.63 bits per heavy atom. The van der Waals surface area contributed by atoms with Gasteiger partial charge in [-0.25, -0.2) is 0 Å². The van der Waals surface area contributed by atoms with Crippen LogP contribution in [0.3, 0.4) is 0 Å². The van der Waals surface area contributed by atoms with Crippen LogP contribution in [-0.4, -0.2) is 27.4 Å². The summed E-state index contributed by atoms with van der Waals surface area (Å²) < 4.78 is 18.5. The van der Waals surface area contributed by atoms with E-state index in [2.05, 4.69) is 47.6 Å². The summed E-state index contributed by atoms with van der Waals surface area (Å²) in [7, 11) is -2.38. The second-order valence-corrected chi connectivity index (χ2v) is 12.2. The van der Waals surface area contributed by atoms with Gasteiger partial charge in [0.1, 0.15) is 12.2 Å². The lowest BCUT2D eigenvalue weighted by Gasteiger charge is -2.53. The number of hydrogen-bond acceptors (Lipinski definition) is 3. The Kier molecular flexibility index (Phi) is 3.71. The van der Waals surface area contributed by atoms with E-state index < -0.39 is 8.56 Å². The van der Waals surface area contributed by atoms with Gasteiger partial charge in [-0.1, -0.05) is 53.7 Å². The predicted octanol–water partition coefficient (Wildman–Crippen LogP) is 3.91. The lowest BCUT2D eigenvalue weighted by Crippen LogP contribution is -2.64. The molecule has 19 heavy (non-hydrogen) atoms. The van der Waals surface area contributed by atoms with Crippen LogP contribution in [-0.2, 0) is 13.6 Å². The second-order valence-electron chi connectivity index (χ2n) is 7.40. The van der Waals surface area contributed by atoms with E-state index >= 15 is 0 Å². The van der Waals surface area contributed by atoms with E-state index in [9.17, 15) is 0 Å². The Morgan fingerprint density at radius 3 is 2.21 bits per heavy atom. The fourth-order valence-electron chi connectivity index (χ4n) is 3.15. The molecular weight excluding hydrogens is 256 g/mol. The van der Waals surface area contributed by atoms with E-state index in [1.165, 1.54) is 0 Å². The molecule has 0 aromatic heterocycles. The Balaban J connectivity index is 2.33. The molecule has 0 spiro atoms. The minimum atomic E-state index is -2.38. The highest BCUT2D eigenvalue weighted by Gasteiger charge is 2.61. The van der Waals surface area contributed by atoms with Crippen LogP contribution in [0.1, 0.15) is 41.5 Å². The molecule has 0 N–H and O–H groups in total. The molecule has 4 heteroatoms. The first kappa shape index (κ1) is 14.8. The molecule has 2 rings (SSSR count). The molecule has 3 nitrogen and oxygen atoms in total. The molecule has 2 atom stereocenters. The molecule has 2 heterocycles. The first-order chi connectivity index (χ1) is 8.67. The average molecular weight is 282 g/mol. The molecular formula is C15H26O3Si. The monoisotopic (exact) mass is 282 g/mol. The van der Waals surface area contributed by atoms with E-state index in [4.69, 9.17) is 13.6 Å². The molecule has 0 aromatic rings. The van der Waals surface area contributed by atoms with Gasteiger partial charge in [0.2, 0.25) is 0 Å². The van der Waals surface area contributed by atoms with Crippen molar-refractivity contribution in [2.24, 2.45) is 0 Å². The maximum atomic E-state index is 6.55. The molecule has 0 saturated carbocycles. The molecule has 0 aliphatic carbocycles. The van der Waals surface area contributed by atoms with Crippen molar-refractivity contribution in [3.63, 3.8) is 0 Å². The fourth-order valence-corrected chi connectivity index (χ4v) is 8.06. The van der Waals surface area contributed by atoms with Crippen LogP contribution in [0.5, 0.6) is 0 Å². The van der Waals surface area contributed by atoms with Crippen molar-refractivity contribution in [2.75, 3.05) is 6.61 Å². The lowest BCUT2D eigenvalue weighted by atomic mass is 10.2. The molecule has 0 bridgehead atoms. The zero-order valence-electron chi connectivity index (χ0n) is 12.9. The first-order valence-electron chi connectivity index (χ1n) is 6.98. The molecule has 0 amide bonds. The number of hydrogen-bond donors (Lipinski definition) is 0. The van der Waals surface area contributed by atoms with Crippen molar-refractivity contribution in [3.05, 3.63) is 24.5 Å². The lowest BCUT2D eigenvalue weighted by molar-refractivity contribution is -0.0601. The Bertz CT molecular complexity index is 373. The van der Waals surface area contributed by atoms with Crippen LogP contribution in [0, 0.1) is 0 Å². The van der Waals surface area contributed by atoms with Crippen molar-refractivity contribution in [2.45, 2.75) is 63.8 Å². The van der Waals surface area contributed by atoms with Gasteiger partial charge < -0.3 is 13.6 Å². The second kappa shape index (κ2) is 4.76. The summed E-state index contributed by atoms with van der Waals surface area (Å²) in [6.07, 6.45) is 7.68. The summed E-state index contributed by atoms with van der Waals surface area (Å²) in [6, 6.07) is 0. The van der Waals surface area contributed by atoms with Gasteiger partial charge in [0.15, 0.2) is 0 Å². The third-order valence-electron chi connectivity index (χ3n) is 3.84. The Morgan fingerprint density at radius 1 is 1.00 bits per heavy atom. The van der Waals surface area contributed by atoms with Crippen molar-refractivity contribution in [1.82, 2.24) is 0 Å². The fraction of sp³-hybridized carbons (Fsp3) is 0.733. The summed E-state index contributed by atoms with van der Waals surface area (Å²) in [5, 5.41) is 0.0353. The maximum Gasteiger partial charge on any atom is 0.350 e. The van der Waals surface area contributed by atoms with Crippen LogP contribution in [0.4, 0.5) is 0 Å². The molecule has 2 aliphatic rings. The number of fused-ring (bicyclic) bond motifs is 1. The molecule has 0 unspecified atom stereocenters. The van der Waals surface area contributed by atoms with E-state index in [0.717, 1.165) is 0 Å². The van der Waals surface area contributed by atoms with Crippen LogP contribution >= 0.6 is 0 Å². The van der Waals surface area contributed by atoms with Crippen LogP contribution in [0.15, 0.2) is 24.5 Å². The average Bonchev–Trinajstić information content (AvgIpc) is 2.49. The minimum absolute atomic E-state index is 0.00568. The third-order valence-corrected chi connectivity index (χ3v) is 8.96. The molecule has 108 valence electrons. The number of ether oxygens (including phenoxy) is 1. The van der Waals surface area contributed by atoms with Gasteiger partial charge in [0, 0.05) is 10.1 Å². The molecule has 0 aromatic carbocycles. The number of allylic oxidation sites excluding steroid dienone is 2. The van der Waals surface area contributed by atoms with E-state index in [1.807, 2.05) is 12.2 Å². The smallest absolute Gasteiger partial charge is 0.350 e. The van der Waals surface area contributed by atoms with Crippen LogP contribution in [0.2, 0.25) is 10.1 Å². The standard InChI is InChI=1S/C15H26O3Si/c1-14(2,3)19(15(4,5)6)17-11-13-12(18-19)9-7-8-10-16-13/h7-10,12-13H,11H2,1-6H3/t12-,13+/m0/s1. The molecule has 1 saturated heterocycles. The zero-order chi connectivity index (χ0) is 14.3. The quantitative estimate of drug-likeness (QED) is 0.630. The molecule has 1 fully saturated rings. The largest absolute Gasteiger partial charge is 0.493 e. The number of rotatable bonds is 0. The molecule has 0 radical (unpaired) electrons. The maximum absolute atomic E-state index is 6.55. The van der Waals surface area contributed by atoms with Gasteiger partial charge in [0.25, 0.3) is 0 Å². The van der Waals surface area contributed by atoms with Crippen LogP contribution in [0.25, 0.3) is 0 Å². The zero-order valence-corrected chi connectivity index (χ0v) is 13.9. The summed E-state index contributed by atoms with van der Waals surface area (Å²) in [6.45, 7) is 14.0. The van der Waals surface area contributed by atoms with E-state index in [0.29, 0.717) is 6.61 Å². The van der Waals surface area contributed by atoms with E-state index in [-0.39, 0.29) is 22.3 Å². The topological polar surface area (TPSA) is 27.7 Å². The minimum Gasteiger partial charge on any atom is -0.493 e. The summed E-state index contributed by atoms with van der Waals surface area (Å²) >= 11 is 0. The van der Waals surface area contributed by atoms with Crippen molar-refractivity contribution < 1.29 is 13.6 Å². The van der Waals surface area contributed by atoms with Gasteiger partial charge in [-0.2, -0.15) is 0 Å². The third kappa shape index (κ3) is 2.53. The summed E-state index contributed by atoms with van der Waals surface area (Å²) in [5.74, 6) is 0. The Labute approximate surface area is 117 Å². The highest BCUT2D eigenvalue weighted by Crippen LogP contribution is 2.54. The van der Waals surface area contributed by atoms with Crippen LogP contribution < -0.4 is 0 Å². The van der Waals surface area contributed by atoms with Crippen molar-refractivity contribution in [1.29, 1.82) is 0 Å².